The minimum atomic E-state index is -0.171. The van der Waals surface area contributed by atoms with Gasteiger partial charge in [-0.2, -0.15) is 0 Å². The van der Waals surface area contributed by atoms with Crippen LogP contribution in [0.25, 0.3) is 22.0 Å². The third-order valence-corrected chi connectivity index (χ3v) is 5.94. The van der Waals surface area contributed by atoms with E-state index in [0.29, 0.717) is 0 Å². The van der Waals surface area contributed by atoms with Gasteiger partial charge in [-0.3, -0.25) is 13.9 Å². The van der Waals surface area contributed by atoms with Gasteiger partial charge in [-0.15, -0.1) is 0 Å². The molecule has 1 amide bonds. The first-order valence-electron chi connectivity index (χ1n) is 10.8. The second-order valence-corrected chi connectivity index (χ2v) is 8.29. The third kappa shape index (κ3) is 3.91. The molecule has 0 bridgehead atoms. The van der Waals surface area contributed by atoms with Crippen molar-refractivity contribution in [1.29, 1.82) is 0 Å². The Balaban J connectivity index is 1.36. The van der Waals surface area contributed by atoms with Crippen molar-refractivity contribution in [2.45, 2.75) is 38.4 Å². The van der Waals surface area contributed by atoms with E-state index in [4.69, 9.17) is 0 Å². The molecule has 3 aromatic carbocycles. The Hall–Kier alpha value is -3.60. The number of hydrogen-bond donors (Lipinski definition) is 1. The monoisotopic (exact) mass is 411 g/mol. The lowest BCUT2D eigenvalue weighted by Gasteiger charge is -2.15. The van der Waals surface area contributed by atoms with Gasteiger partial charge in [-0.25, -0.2) is 4.79 Å². The summed E-state index contributed by atoms with van der Waals surface area (Å²) in [6.45, 7) is 1.98. The van der Waals surface area contributed by atoms with E-state index < -0.39 is 0 Å². The number of aromatic nitrogens is 2. The number of hydrogen-bond acceptors (Lipinski definition) is 2. The summed E-state index contributed by atoms with van der Waals surface area (Å²) in [6, 6.07) is 24.4. The Kier molecular flexibility index (Phi) is 4.94. The van der Waals surface area contributed by atoms with Gasteiger partial charge in [0.05, 0.1) is 11.7 Å². The van der Waals surface area contributed by atoms with Crippen LogP contribution in [0, 0.1) is 0 Å². The first-order chi connectivity index (χ1) is 15.1. The van der Waals surface area contributed by atoms with Gasteiger partial charge in [0, 0.05) is 12.2 Å². The molecule has 0 aliphatic heterocycles. The zero-order chi connectivity index (χ0) is 21.4. The first-order valence-corrected chi connectivity index (χ1v) is 10.8. The number of benzene rings is 3. The minimum absolute atomic E-state index is 0.0102. The molecular formula is C26H25N3O2. The van der Waals surface area contributed by atoms with E-state index in [2.05, 4.69) is 29.6 Å². The normalized spacial score (nSPS) is 14.5. The molecular weight excluding hydrogens is 386 g/mol. The fourth-order valence-electron chi connectivity index (χ4n) is 4.13. The van der Waals surface area contributed by atoms with Crippen molar-refractivity contribution in [1.82, 2.24) is 14.5 Å². The molecule has 4 aromatic rings. The molecule has 1 unspecified atom stereocenters. The molecule has 5 nitrogen and oxygen atoms in total. The minimum Gasteiger partial charge on any atom is -0.348 e. The molecule has 1 aliphatic carbocycles. The molecule has 1 fully saturated rings. The first kappa shape index (κ1) is 19.4. The Morgan fingerprint density at radius 2 is 1.71 bits per heavy atom. The number of nitrogens with zero attached hydrogens (tertiary/aromatic N) is 2. The van der Waals surface area contributed by atoms with E-state index in [-0.39, 0.29) is 30.2 Å². The van der Waals surface area contributed by atoms with Crippen molar-refractivity contribution >= 4 is 16.7 Å². The zero-order valence-electron chi connectivity index (χ0n) is 17.5. The van der Waals surface area contributed by atoms with E-state index in [0.717, 1.165) is 35.0 Å². The molecule has 1 heterocycles. The van der Waals surface area contributed by atoms with Crippen LogP contribution in [0.2, 0.25) is 0 Å². The van der Waals surface area contributed by atoms with Gasteiger partial charge in [0.1, 0.15) is 6.54 Å². The summed E-state index contributed by atoms with van der Waals surface area (Å²) in [5, 5.41) is 5.36. The third-order valence-electron chi connectivity index (χ3n) is 5.94. The van der Waals surface area contributed by atoms with Crippen LogP contribution in [0.5, 0.6) is 0 Å². The van der Waals surface area contributed by atoms with Crippen LogP contribution >= 0.6 is 0 Å². The van der Waals surface area contributed by atoms with Gasteiger partial charge >= 0.3 is 5.69 Å². The van der Waals surface area contributed by atoms with Gasteiger partial charge in [0.2, 0.25) is 5.91 Å². The van der Waals surface area contributed by atoms with Gasteiger partial charge in [0.25, 0.3) is 0 Å². The molecule has 31 heavy (non-hydrogen) atoms. The highest BCUT2D eigenvalue weighted by Crippen LogP contribution is 2.37. The smallest absolute Gasteiger partial charge is 0.329 e. The SMILES string of the molecule is CC(NC(=O)Cn1cc(-c2ccccc2)n(C2CC2)c1=O)c1ccc2ccccc2c1. The molecule has 0 saturated heterocycles. The van der Waals surface area contributed by atoms with Crippen LogP contribution in [-0.2, 0) is 11.3 Å². The average Bonchev–Trinajstić information content (AvgIpc) is 3.58. The molecule has 5 rings (SSSR count). The lowest BCUT2D eigenvalue weighted by molar-refractivity contribution is -0.122. The molecule has 0 spiro atoms. The van der Waals surface area contributed by atoms with Crippen molar-refractivity contribution < 1.29 is 4.79 Å². The molecule has 1 atom stereocenters. The van der Waals surface area contributed by atoms with Crippen LogP contribution in [-0.4, -0.2) is 15.0 Å². The van der Waals surface area contributed by atoms with Gasteiger partial charge in [-0.1, -0.05) is 66.7 Å². The predicted octanol–water partition coefficient (Wildman–Crippen LogP) is 4.68. The maximum Gasteiger partial charge on any atom is 0.329 e. The highest BCUT2D eigenvalue weighted by Gasteiger charge is 2.29. The number of nitrogens with one attached hydrogen (secondary N) is 1. The van der Waals surface area contributed by atoms with Crippen molar-refractivity contribution in [3.8, 4) is 11.3 Å². The van der Waals surface area contributed by atoms with Gasteiger partial charge < -0.3 is 5.32 Å². The molecule has 1 aliphatic rings. The fraction of sp³-hybridized carbons (Fsp3) is 0.231. The number of rotatable bonds is 6. The largest absolute Gasteiger partial charge is 0.348 e. The fourth-order valence-corrected chi connectivity index (χ4v) is 4.13. The van der Waals surface area contributed by atoms with E-state index in [1.807, 2.05) is 66.2 Å². The quantitative estimate of drug-likeness (QED) is 0.501. The van der Waals surface area contributed by atoms with Crippen LogP contribution in [0.15, 0.2) is 83.8 Å². The number of carbonyl (C=O) groups excluding carboxylic acids is 1. The molecule has 1 N–H and O–H groups in total. The van der Waals surface area contributed by atoms with E-state index >= 15 is 0 Å². The highest BCUT2D eigenvalue weighted by atomic mass is 16.2. The van der Waals surface area contributed by atoms with Crippen molar-refractivity contribution in [2.75, 3.05) is 0 Å². The molecule has 0 radical (unpaired) electrons. The number of imidazole rings is 1. The Labute approximate surface area is 180 Å². The number of amides is 1. The van der Waals surface area contributed by atoms with Gasteiger partial charge in [-0.05, 0) is 47.7 Å². The van der Waals surface area contributed by atoms with Crippen LogP contribution in [0.1, 0.15) is 37.4 Å². The maximum atomic E-state index is 13.0. The topological polar surface area (TPSA) is 56.0 Å². The summed E-state index contributed by atoms with van der Waals surface area (Å²) in [5.41, 5.74) is 2.80. The number of carbonyl (C=O) groups is 1. The Bertz CT molecular complexity index is 1300. The summed E-state index contributed by atoms with van der Waals surface area (Å²) in [7, 11) is 0. The van der Waals surface area contributed by atoms with Crippen LogP contribution in [0.4, 0.5) is 0 Å². The van der Waals surface area contributed by atoms with E-state index in [1.54, 1.807) is 0 Å². The van der Waals surface area contributed by atoms with Crippen molar-refractivity contribution in [2.24, 2.45) is 0 Å². The standard InChI is InChI=1S/C26H25N3O2/c1-18(21-12-11-19-7-5-6-10-22(19)15-21)27-25(30)17-28-16-24(20-8-3-2-4-9-20)29(26(28)31)23-13-14-23/h2-12,15-16,18,23H,13-14,17H2,1H3,(H,27,30). The summed E-state index contributed by atoms with van der Waals surface area (Å²) in [6.07, 6.45) is 3.83. The van der Waals surface area contributed by atoms with Gasteiger partial charge in [0.15, 0.2) is 0 Å². The molecule has 156 valence electrons. The lowest BCUT2D eigenvalue weighted by Crippen LogP contribution is -2.34. The van der Waals surface area contributed by atoms with E-state index in [9.17, 15) is 9.59 Å². The Morgan fingerprint density at radius 1 is 1.00 bits per heavy atom. The summed E-state index contributed by atoms with van der Waals surface area (Å²) >= 11 is 0. The highest BCUT2D eigenvalue weighted by molar-refractivity contribution is 5.83. The summed E-state index contributed by atoms with van der Waals surface area (Å²) < 4.78 is 3.37. The number of fused-ring (bicyclic) bond motifs is 1. The van der Waals surface area contributed by atoms with Crippen molar-refractivity contribution in [3.05, 3.63) is 95.0 Å². The summed E-state index contributed by atoms with van der Waals surface area (Å²) in [5.74, 6) is -0.171. The second-order valence-electron chi connectivity index (χ2n) is 8.29. The van der Waals surface area contributed by atoms with E-state index in [1.165, 1.54) is 9.95 Å². The van der Waals surface area contributed by atoms with Crippen molar-refractivity contribution in [3.63, 3.8) is 0 Å². The maximum absolute atomic E-state index is 13.0. The average molecular weight is 412 g/mol. The predicted molar refractivity (Wildman–Crippen MR) is 123 cm³/mol. The Morgan fingerprint density at radius 3 is 2.45 bits per heavy atom. The lowest BCUT2D eigenvalue weighted by atomic mass is 10.0. The molecule has 1 saturated carbocycles. The zero-order valence-corrected chi connectivity index (χ0v) is 17.5. The van der Waals surface area contributed by atoms with Crippen LogP contribution in [0.3, 0.4) is 0 Å². The van der Waals surface area contributed by atoms with Crippen LogP contribution < -0.4 is 11.0 Å². The second kappa shape index (κ2) is 7.91. The summed E-state index contributed by atoms with van der Waals surface area (Å²) in [4.78, 5) is 25.8. The molecule has 1 aromatic heterocycles. The molecule has 5 heteroatoms.